The summed E-state index contributed by atoms with van der Waals surface area (Å²) in [5, 5.41) is 0. The van der Waals surface area contributed by atoms with Crippen molar-refractivity contribution in [1.29, 1.82) is 0 Å². The van der Waals surface area contributed by atoms with Crippen molar-refractivity contribution in [2.45, 2.75) is 44.9 Å². The highest BCUT2D eigenvalue weighted by atomic mass is 35.7. The van der Waals surface area contributed by atoms with E-state index in [-0.39, 0.29) is 10.3 Å². The van der Waals surface area contributed by atoms with Gasteiger partial charge in [-0.25, -0.2) is 8.42 Å². The minimum atomic E-state index is -3.59. The molecule has 1 aromatic rings. The van der Waals surface area contributed by atoms with Crippen LogP contribution in [-0.4, -0.2) is 8.42 Å². The summed E-state index contributed by atoms with van der Waals surface area (Å²) in [7, 11) is 1.60. The fraction of sp³-hybridized carbons (Fsp3) is 0.500. The van der Waals surface area contributed by atoms with E-state index in [9.17, 15) is 8.42 Å². The van der Waals surface area contributed by atoms with Gasteiger partial charge < -0.3 is 0 Å². The van der Waals surface area contributed by atoms with Crippen LogP contribution in [-0.2, 0) is 14.5 Å². The molecule has 0 heterocycles. The summed E-state index contributed by atoms with van der Waals surface area (Å²) in [6.07, 6.45) is 0. The maximum atomic E-state index is 11.0. The van der Waals surface area contributed by atoms with Crippen molar-refractivity contribution in [3.63, 3.8) is 0 Å². The van der Waals surface area contributed by atoms with E-state index in [0.29, 0.717) is 0 Å². The molecule has 0 N–H and O–H groups in total. The Balaban J connectivity index is 0.00000106. The molecule has 0 radical (unpaired) electrons. The molecule has 0 unspecified atom stereocenters. The molecule has 92 valence electrons. The average Bonchev–Trinajstić information content (AvgIpc) is 2.18. The first kappa shape index (κ1) is 15.5. The largest absolute Gasteiger partial charge is 0.261 e. The van der Waals surface area contributed by atoms with Gasteiger partial charge in [-0.05, 0) is 23.1 Å². The highest BCUT2D eigenvalue weighted by molar-refractivity contribution is 8.13. The zero-order valence-corrected chi connectivity index (χ0v) is 12.0. The summed E-state index contributed by atoms with van der Waals surface area (Å²) in [6, 6.07) is 6.64. The van der Waals surface area contributed by atoms with Crippen LogP contribution >= 0.6 is 10.7 Å². The van der Waals surface area contributed by atoms with Crippen molar-refractivity contribution in [2.24, 2.45) is 0 Å². The lowest BCUT2D eigenvalue weighted by Crippen LogP contribution is -2.10. The van der Waals surface area contributed by atoms with Crippen LogP contribution in [0.25, 0.3) is 0 Å². The Morgan fingerprint density at radius 2 is 1.38 bits per heavy atom. The van der Waals surface area contributed by atoms with Gasteiger partial charge in [-0.15, -0.1) is 0 Å². The van der Waals surface area contributed by atoms with Gasteiger partial charge in [-0.1, -0.05) is 46.8 Å². The SMILES string of the molecule is CC.CC(C)(C)c1ccc(S(=O)(=O)Cl)cc1. The molecular formula is C12H19ClO2S. The molecule has 0 atom stereocenters. The van der Waals surface area contributed by atoms with Gasteiger partial charge in [0.2, 0.25) is 0 Å². The van der Waals surface area contributed by atoms with Crippen LogP contribution in [0.15, 0.2) is 29.2 Å². The van der Waals surface area contributed by atoms with Gasteiger partial charge in [0, 0.05) is 10.7 Å². The van der Waals surface area contributed by atoms with E-state index in [4.69, 9.17) is 10.7 Å². The zero-order chi connectivity index (χ0) is 13.0. The second-order valence-electron chi connectivity index (χ2n) is 4.21. The van der Waals surface area contributed by atoms with Crippen LogP contribution in [0, 0.1) is 0 Å². The molecule has 1 rings (SSSR count). The number of halogens is 1. The number of hydrogen-bond acceptors (Lipinski definition) is 2. The third-order valence-electron chi connectivity index (χ3n) is 2.00. The Labute approximate surface area is 103 Å². The second kappa shape index (κ2) is 5.69. The van der Waals surface area contributed by atoms with Crippen molar-refractivity contribution in [2.75, 3.05) is 0 Å². The normalized spacial score (nSPS) is 11.6. The molecule has 0 spiro atoms. The molecule has 0 aromatic heterocycles. The van der Waals surface area contributed by atoms with Crippen molar-refractivity contribution in [1.82, 2.24) is 0 Å². The molecule has 0 bridgehead atoms. The Kier molecular flexibility index (Phi) is 5.50. The summed E-state index contributed by atoms with van der Waals surface area (Å²) in [4.78, 5) is 0.146. The maximum Gasteiger partial charge on any atom is 0.261 e. The van der Waals surface area contributed by atoms with E-state index >= 15 is 0 Å². The lowest BCUT2D eigenvalue weighted by atomic mass is 9.87. The first-order valence-corrected chi connectivity index (χ1v) is 7.57. The molecule has 0 aliphatic rings. The fourth-order valence-electron chi connectivity index (χ4n) is 1.12. The minimum absolute atomic E-state index is 0.0224. The standard InChI is InChI=1S/C10H13ClO2S.C2H6/c1-10(2,3)8-4-6-9(7-5-8)14(11,12)13;1-2/h4-7H,1-3H3;1-2H3. The van der Waals surface area contributed by atoms with Crippen molar-refractivity contribution in [3.05, 3.63) is 29.8 Å². The lowest BCUT2D eigenvalue weighted by molar-refractivity contribution is 0.588. The van der Waals surface area contributed by atoms with E-state index < -0.39 is 9.05 Å². The van der Waals surface area contributed by atoms with Gasteiger partial charge in [0.05, 0.1) is 4.90 Å². The molecule has 0 aliphatic heterocycles. The van der Waals surface area contributed by atoms with Crippen molar-refractivity contribution < 1.29 is 8.42 Å². The van der Waals surface area contributed by atoms with Gasteiger partial charge in [0.1, 0.15) is 0 Å². The minimum Gasteiger partial charge on any atom is -0.207 e. The summed E-state index contributed by atoms with van der Waals surface area (Å²) in [5.41, 5.74) is 1.11. The van der Waals surface area contributed by atoms with Gasteiger partial charge in [0.25, 0.3) is 9.05 Å². The Morgan fingerprint density at radius 1 is 1.00 bits per heavy atom. The van der Waals surface area contributed by atoms with E-state index in [1.165, 1.54) is 12.1 Å². The number of benzene rings is 1. The number of rotatable bonds is 1. The van der Waals surface area contributed by atoms with E-state index in [2.05, 4.69) is 20.8 Å². The van der Waals surface area contributed by atoms with E-state index in [0.717, 1.165) is 5.56 Å². The van der Waals surface area contributed by atoms with Crippen LogP contribution in [0.5, 0.6) is 0 Å². The molecular weight excluding hydrogens is 244 g/mol. The van der Waals surface area contributed by atoms with Crippen LogP contribution in [0.2, 0.25) is 0 Å². The van der Waals surface area contributed by atoms with Gasteiger partial charge >= 0.3 is 0 Å². The smallest absolute Gasteiger partial charge is 0.207 e. The monoisotopic (exact) mass is 262 g/mol. The summed E-state index contributed by atoms with van der Waals surface area (Å²) in [5.74, 6) is 0. The van der Waals surface area contributed by atoms with Crippen LogP contribution in [0.4, 0.5) is 0 Å². The lowest BCUT2D eigenvalue weighted by Gasteiger charge is -2.18. The third kappa shape index (κ3) is 4.54. The Bertz CT molecular complexity index is 413. The molecule has 2 nitrogen and oxygen atoms in total. The van der Waals surface area contributed by atoms with Crippen LogP contribution in [0.1, 0.15) is 40.2 Å². The average molecular weight is 263 g/mol. The highest BCUT2D eigenvalue weighted by Gasteiger charge is 2.15. The zero-order valence-electron chi connectivity index (χ0n) is 10.4. The van der Waals surface area contributed by atoms with Gasteiger partial charge in [-0.3, -0.25) is 0 Å². The summed E-state index contributed by atoms with van der Waals surface area (Å²) >= 11 is 0. The predicted molar refractivity (Wildman–Crippen MR) is 69.5 cm³/mol. The number of hydrogen-bond donors (Lipinski definition) is 0. The summed E-state index contributed by atoms with van der Waals surface area (Å²) < 4.78 is 21.9. The molecule has 0 fully saturated rings. The van der Waals surface area contributed by atoms with Crippen molar-refractivity contribution >= 4 is 19.7 Å². The first-order chi connectivity index (χ1) is 7.21. The second-order valence-corrected chi connectivity index (χ2v) is 6.78. The first-order valence-electron chi connectivity index (χ1n) is 5.26. The molecule has 16 heavy (non-hydrogen) atoms. The molecule has 0 saturated heterocycles. The third-order valence-corrected chi connectivity index (χ3v) is 3.37. The Morgan fingerprint density at radius 3 is 1.62 bits per heavy atom. The van der Waals surface area contributed by atoms with Crippen LogP contribution in [0.3, 0.4) is 0 Å². The quantitative estimate of drug-likeness (QED) is 0.719. The predicted octanol–water partition coefficient (Wildman–Crippen LogP) is 3.94. The highest BCUT2D eigenvalue weighted by Crippen LogP contribution is 2.24. The van der Waals surface area contributed by atoms with Crippen molar-refractivity contribution in [3.8, 4) is 0 Å². The maximum absolute atomic E-state index is 11.0. The van der Waals surface area contributed by atoms with Gasteiger partial charge in [-0.2, -0.15) is 0 Å². The molecule has 0 saturated carbocycles. The van der Waals surface area contributed by atoms with E-state index in [1.54, 1.807) is 12.1 Å². The molecule has 0 aliphatic carbocycles. The summed E-state index contributed by atoms with van der Waals surface area (Å²) in [6.45, 7) is 10.2. The van der Waals surface area contributed by atoms with E-state index in [1.807, 2.05) is 13.8 Å². The fourth-order valence-corrected chi connectivity index (χ4v) is 1.89. The van der Waals surface area contributed by atoms with Crippen LogP contribution < -0.4 is 0 Å². The molecule has 0 amide bonds. The van der Waals surface area contributed by atoms with Gasteiger partial charge in [0.15, 0.2) is 0 Å². The molecule has 4 heteroatoms. The topological polar surface area (TPSA) is 34.1 Å². The molecule has 1 aromatic carbocycles. The Hall–Kier alpha value is -0.540.